The van der Waals surface area contributed by atoms with Crippen molar-refractivity contribution in [3.05, 3.63) is 0 Å². The van der Waals surface area contributed by atoms with Crippen LogP contribution in [0.5, 0.6) is 0 Å². The monoisotopic (exact) mass is 464 g/mol. The highest BCUT2D eigenvalue weighted by Gasteiger charge is 2.32. The zero-order chi connectivity index (χ0) is 22.6. The average Bonchev–Trinajstić information content (AvgIpc) is 2.87. The summed E-state index contributed by atoms with van der Waals surface area (Å²) in [6, 6.07) is 0. The van der Waals surface area contributed by atoms with Gasteiger partial charge in [-0.1, -0.05) is 57.8 Å². The molecule has 4 fully saturated rings. The van der Waals surface area contributed by atoms with E-state index in [0.29, 0.717) is 5.92 Å². The second kappa shape index (κ2) is 15.1. The molecule has 3 aliphatic carbocycles. The van der Waals surface area contributed by atoms with Crippen molar-refractivity contribution in [2.45, 2.75) is 121 Å². The maximum Gasteiger partial charge on any atom is 0.0863 e. The second-order valence-corrected chi connectivity index (χ2v) is 11.8. The first-order valence-electron chi connectivity index (χ1n) is 14.8. The molecule has 0 bridgehead atoms. The molecule has 3 saturated carbocycles. The minimum atomic E-state index is 0.164. The molecule has 0 aromatic rings. The summed E-state index contributed by atoms with van der Waals surface area (Å²) < 4.78 is 25.3. The van der Waals surface area contributed by atoms with Crippen molar-refractivity contribution < 1.29 is 18.9 Å². The van der Waals surface area contributed by atoms with Crippen molar-refractivity contribution in [3.8, 4) is 0 Å². The maximum atomic E-state index is 6.59. The third-order valence-corrected chi connectivity index (χ3v) is 8.91. The Balaban J connectivity index is 1.18. The maximum absolute atomic E-state index is 6.59. The molecule has 0 amide bonds. The Morgan fingerprint density at radius 3 is 1.39 bits per heavy atom. The molecule has 4 rings (SSSR count). The van der Waals surface area contributed by atoms with Gasteiger partial charge in [0, 0.05) is 25.7 Å². The molecule has 0 radical (unpaired) electrons. The van der Waals surface area contributed by atoms with Gasteiger partial charge in [0.25, 0.3) is 0 Å². The van der Waals surface area contributed by atoms with Crippen molar-refractivity contribution in [2.75, 3.05) is 39.6 Å². The van der Waals surface area contributed by atoms with Gasteiger partial charge in [-0.3, -0.25) is 0 Å². The molecule has 0 aromatic heterocycles. The Bertz CT molecular complexity index is 494. The van der Waals surface area contributed by atoms with Crippen molar-refractivity contribution in [1.29, 1.82) is 0 Å². The van der Waals surface area contributed by atoms with Crippen LogP contribution in [0.1, 0.15) is 109 Å². The van der Waals surface area contributed by atoms with E-state index in [2.05, 4.69) is 0 Å². The summed E-state index contributed by atoms with van der Waals surface area (Å²) >= 11 is 0. The SMILES string of the molecule is C1CCC(COCC2CCC(COCC3CCCCC3)C(COCC3CCCCC3)O2)CC1. The molecule has 4 nitrogen and oxygen atoms in total. The Labute approximate surface area is 203 Å². The van der Waals surface area contributed by atoms with E-state index in [1.807, 2.05) is 0 Å². The van der Waals surface area contributed by atoms with Gasteiger partial charge in [-0.05, 0) is 69.1 Å². The van der Waals surface area contributed by atoms with Crippen LogP contribution < -0.4 is 0 Å². The Hall–Kier alpha value is -0.160. The Morgan fingerprint density at radius 2 is 0.879 bits per heavy atom. The van der Waals surface area contributed by atoms with Crippen molar-refractivity contribution in [3.63, 3.8) is 0 Å². The summed E-state index contributed by atoms with van der Waals surface area (Å²) in [5.41, 5.74) is 0. The summed E-state index contributed by atoms with van der Waals surface area (Å²) in [4.78, 5) is 0. The second-order valence-electron chi connectivity index (χ2n) is 11.8. The fraction of sp³-hybridized carbons (Fsp3) is 1.00. The van der Waals surface area contributed by atoms with E-state index in [1.165, 1.54) is 103 Å². The van der Waals surface area contributed by atoms with Gasteiger partial charge in [-0.25, -0.2) is 0 Å². The zero-order valence-electron chi connectivity index (χ0n) is 21.4. The number of hydrogen-bond acceptors (Lipinski definition) is 4. The lowest BCUT2D eigenvalue weighted by Gasteiger charge is -2.37. The molecule has 1 saturated heterocycles. The van der Waals surface area contributed by atoms with Gasteiger partial charge < -0.3 is 18.9 Å². The fourth-order valence-corrected chi connectivity index (χ4v) is 6.67. The van der Waals surface area contributed by atoms with Gasteiger partial charge in [0.1, 0.15) is 0 Å². The molecule has 4 heteroatoms. The summed E-state index contributed by atoms with van der Waals surface area (Å²) in [5, 5.41) is 0. The lowest BCUT2D eigenvalue weighted by Crippen LogP contribution is -2.42. The van der Waals surface area contributed by atoms with Crippen LogP contribution in [0, 0.1) is 23.7 Å². The molecule has 1 heterocycles. The highest BCUT2D eigenvalue weighted by molar-refractivity contribution is 4.80. The topological polar surface area (TPSA) is 36.9 Å². The van der Waals surface area contributed by atoms with Crippen molar-refractivity contribution in [2.24, 2.45) is 23.7 Å². The minimum absolute atomic E-state index is 0.164. The highest BCUT2D eigenvalue weighted by Crippen LogP contribution is 2.30. The van der Waals surface area contributed by atoms with Crippen LogP contribution in [0.2, 0.25) is 0 Å². The molecular weight excluding hydrogens is 412 g/mol. The van der Waals surface area contributed by atoms with E-state index < -0.39 is 0 Å². The predicted octanol–water partition coefficient (Wildman–Crippen LogP) is 6.94. The van der Waals surface area contributed by atoms with E-state index in [0.717, 1.165) is 63.8 Å². The van der Waals surface area contributed by atoms with Gasteiger partial charge in [0.15, 0.2) is 0 Å². The predicted molar refractivity (Wildman–Crippen MR) is 134 cm³/mol. The molecule has 192 valence electrons. The lowest BCUT2D eigenvalue weighted by molar-refractivity contribution is -0.151. The summed E-state index contributed by atoms with van der Waals surface area (Å²) in [6.07, 6.45) is 23.3. The first-order chi connectivity index (χ1) is 16.4. The highest BCUT2D eigenvalue weighted by atomic mass is 16.6. The standard InChI is InChI=1S/C29H52O4/c1-4-10-24(11-5-1)18-30-21-27-16-17-28(22-31-19-25-12-6-2-7-13-25)33-29(27)23-32-20-26-14-8-3-9-15-26/h24-29H,1-23H2. The van der Waals surface area contributed by atoms with Crippen molar-refractivity contribution in [1.82, 2.24) is 0 Å². The molecule has 3 unspecified atom stereocenters. The zero-order valence-corrected chi connectivity index (χ0v) is 21.4. The Morgan fingerprint density at radius 1 is 0.424 bits per heavy atom. The van der Waals surface area contributed by atoms with Gasteiger partial charge in [-0.15, -0.1) is 0 Å². The van der Waals surface area contributed by atoms with E-state index in [-0.39, 0.29) is 12.2 Å². The van der Waals surface area contributed by atoms with Crippen molar-refractivity contribution >= 4 is 0 Å². The number of hydrogen-bond donors (Lipinski definition) is 0. The lowest BCUT2D eigenvalue weighted by atomic mass is 9.89. The van der Waals surface area contributed by atoms with Crippen LogP contribution in [-0.2, 0) is 18.9 Å². The van der Waals surface area contributed by atoms with Crippen LogP contribution in [-0.4, -0.2) is 51.8 Å². The summed E-state index contributed by atoms with van der Waals surface area (Å²) in [7, 11) is 0. The van der Waals surface area contributed by atoms with Crippen LogP contribution in [0.15, 0.2) is 0 Å². The van der Waals surface area contributed by atoms with Gasteiger partial charge in [-0.2, -0.15) is 0 Å². The third-order valence-electron chi connectivity index (χ3n) is 8.91. The summed E-state index contributed by atoms with van der Waals surface area (Å²) in [5.74, 6) is 2.79. The van der Waals surface area contributed by atoms with E-state index in [4.69, 9.17) is 18.9 Å². The molecule has 0 spiro atoms. The van der Waals surface area contributed by atoms with Crippen LogP contribution >= 0.6 is 0 Å². The van der Waals surface area contributed by atoms with Gasteiger partial charge in [0.05, 0.1) is 32.0 Å². The summed E-state index contributed by atoms with van der Waals surface area (Å²) in [6.45, 7) is 5.11. The van der Waals surface area contributed by atoms with Crippen LogP contribution in [0.25, 0.3) is 0 Å². The van der Waals surface area contributed by atoms with E-state index >= 15 is 0 Å². The largest absolute Gasteiger partial charge is 0.381 e. The molecule has 4 aliphatic rings. The quantitative estimate of drug-likeness (QED) is 0.313. The first-order valence-corrected chi connectivity index (χ1v) is 14.8. The Kier molecular flexibility index (Phi) is 11.8. The number of rotatable bonds is 12. The van der Waals surface area contributed by atoms with Crippen LogP contribution in [0.4, 0.5) is 0 Å². The molecule has 1 aliphatic heterocycles. The molecular formula is C29H52O4. The van der Waals surface area contributed by atoms with Gasteiger partial charge in [0.2, 0.25) is 0 Å². The van der Waals surface area contributed by atoms with E-state index in [9.17, 15) is 0 Å². The van der Waals surface area contributed by atoms with Gasteiger partial charge >= 0.3 is 0 Å². The fourth-order valence-electron chi connectivity index (χ4n) is 6.67. The van der Waals surface area contributed by atoms with E-state index in [1.54, 1.807) is 0 Å². The smallest absolute Gasteiger partial charge is 0.0863 e. The normalized spacial score (nSPS) is 31.1. The van der Waals surface area contributed by atoms with Crippen LogP contribution in [0.3, 0.4) is 0 Å². The molecule has 3 atom stereocenters. The third kappa shape index (κ3) is 9.43. The average molecular weight is 465 g/mol. The minimum Gasteiger partial charge on any atom is -0.381 e. The molecule has 0 aromatic carbocycles. The number of ether oxygens (including phenoxy) is 4. The molecule has 0 N–H and O–H groups in total. The first kappa shape index (κ1) is 25.9. The molecule has 33 heavy (non-hydrogen) atoms.